The molecule has 94 valence electrons. The van der Waals surface area contributed by atoms with E-state index in [1.54, 1.807) is 18.2 Å². The third-order valence-corrected chi connectivity index (χ3v) is 2.62. The van der Waals surface area contributed by atoms with Gasteiger partial charge in [0.1, 0.15) is 5.58 Å². The van der Waals surface area contributed by atoms with E-state index >= 15 is 0 Å². The molecular weight excluding hydrogens is 230 g/mol. The fraction of sp³-hybridized carbons (Fsp3) is 0.286. The molecule has 0 aliphatic rings. The van der Waals surface area contributed by atoms with E-state index in [1.807, 2.05) is 20.8 Å². The lowest BCUT2D eigenvalue weighted by Gasteiger charge is -2.18. The molecule has 0 bridgehead atoms. The van der Waals surface area contributed by atoms with Gasteiger partial charge in [-0.3, -0.25) is 9.59 Å². The number of amides is 1. The van der Waals surface area contributed by atoms with Crippen LogP contribution in [0, 0.1) is 5.41 Å². The summed E-state index contributed by atoms with van der Waals surface area (Å²) < 4.78 is 5.25. The molecular formula is C14H15NO3. The van der Waals surface area contributed by atoms with E-state index in [9.17, 15) is 9.59 Å². The molecule has 1 heterocycles. The van der Waals surface area contributed by atoms with Crippen molar-refractivity contribution in [3.63, 3.8) is 0 Å². The van der Waals surface area contributed by atoms with Crippen LogP contribution in [0.25, 0.3) is 11.0 Å². The Bertz CT molecular complexity index is 645. The van der Waals surface area contributed by atoms with Crippen molar-refractivity contribution in [1.29, 1.82) is 0 Å². The van der Waals surface area contributed by atoms with Crippen LogP contribution in [0.1, 0.15) is 20.8 Å². The average Bonchev–Trinajstić information content (AvgIpc) is 2.28. The Morgan fingerprint density at radius 3 is 2.61 bits per heavy atom. The number of hydrogen-bond donors (Lipinski definition) is 1. The van der Waals surface area contributed by atoms with Crippen LogP contribution in [0.5, 0.6) is 0 Å². The monoisotopic (exact) mass is 245 g/mol. The van der Waals surface area contributed by atoms with Crippen LogP contribution < -0.4 is 10.7 Å². The van der Waals surface area contributed by atoms with Gasteiger partial charge >= 0.3 is 0 Å². The number of nitrogens with one attached hydrogen (secondary N) is 1. The van der Waals surface area contributed by atoms with Crippen LogP contribution in [0.3, 0.4) is 0 Å². The summed E-state index contributed by atoms with van der Waals surface area (Å²) in [6.07, 6.45) is 1.35. The van der Waals surface area contributed by atoms with Crippen molar-refractivity contribution in [1.82, 2.24) is 0 Å². The van der Waals surface area contributed by atoms with E-state index in [4.69, 9.17) is 4.42 Å². The highest BCUT2D eigenvalue weighted by molar-refractivity contribution is 6.02. The van der Waals surface area contributed by atoms with Crippen molar-refractivity contribution in [2.75, 3.05) is 5.32 Å². The highest BCUT2D eigenvalue weighted by Gasteiger charge is 2.22. The molecule has 0 atom stereocenters. The Morgan fingerprint density at radius 1 is 1.22 bits per heavy atom. The van der Waals surface area contributed by atoms with E-state index in [1.165, 1.54) is 12.3 Å². The van der Waals surface area contributed by atoms with Crippen molar-refractivity contribution >= 4 is 22.6 Å². The lowest BCUT2D eigenvalue weighted by molar-refractivity contribution is -0.123. The summed E-state index contributed by atoms with van der Waals surface area (Å²) >= 11 is 0. The minimum Gasteiger partial charge on any atom is -0.464 e. The van der Waals surface area contributed by atoms with Crippen LogP contribution >= 0.6 is 0 Å². The zero-order valence-electron chi connectivity index (χ0n) is 10.6. The van der Waals surface area contributed by atoms with Crippen molar-refractivity contribution in [3.05, 3.63) is 40.8 Å². The summed E-state index contributed by atoms with van der Waals surface area (Å²) in [7, 11) is 0. The van der Waals surface area contributed by atoms with Gasteiger partial charge in [0.15, 0.2) is 5.43 Å². The lowest BCUT2D eigenvalue weighted by Crippen LogP contribution is -2.28. The number of carbonyl (C=O) groups excluding carboxylic acids is 1. The molecule has 0 radical (unpaired) electrons. The Morgan fingerprint density at radius 2 is 1.94 bits per heavy atom. The maximum absolute atomic E-state index is 11.9. The minimum absolute atomic E-state index is 0.141. The quantitative estimate of drug-likeness (QED) is 0.840. The molecule has 1 amide bonds. The first-order valence-electron chi connectivity index (χ1n) is 5.71. The predicted octanol–water partition coefficient (Wildman–Crippen LogP) is 2.78. The van der Waals surface area contributed by atoms with Gasteiger partial charge in [-0.05, 0) is 12.1 Å². The number of anilines is 1. The summed E-state index contributed by atoms with van der Waals surface area (Å²) in [4.78, 5) is 23.8. The second-order valence-corrected chi connectivity index (χ2v) is 5.17. The van der Waals surface area contributed by atoms with E-state index < -0.39 is 5.41 Å². The standard InChI is InChI=1S/C14H15NO3/c1-14(2,3)13(17)15-9-5-4-6-11-12(9)10(16)7-8-18-11/h4-8H,1-3H3,(H,15,17). The largest absolute Gasteiger partial charge is 0.464 e. The zero-order chi connectivity index (χ0) is 13.3. The van der Waals surface area contributed by atoms with Gasteiger partial charge in [-0.2, -0.15) is 0 Å². The highest BCUT2D eigenvalue weighted by atomic mass is 16.3. The Kier molecular flexibility index (Phi) is 2.95. The van der Waals surface area contributed by atoms with Gasteiger partial charge in [-0.15, -0.1) is 0 Å². The summed E-state index contributed by atoms with van der Waals surface area (Å²) in [5, 5.41) is 3.17. The number of benzene rings is 1. The molecule has 4 nitrogen and oxygen atoms in total. The molecule has 0 spiro atoms. The van der Waals surface area contributed by atoms with Crippen LogP contribution in [-0.4, -0.2) is 5.91 Å². The maximum atomic E-state index is 11.9. The topological polar surface area (TPSA) is 59.3 Å². The Labute approximate surface area is 105 Å². The number of fused-ring (bicyclic) bond motifs is 1. The summed E-state index contributed by atoms with van der Waals surface area (Å²) in [6, 6.07) is 6.48. The van der Waals surface area contributed by atoms with Crippen LogP contribution in [-0.2, 0) is 4.79 Å². The van der Waals surface area contributed by atoms with Gasteiger partial charge in [0.05, 0.1) is 17.3 Å². The molecule has 1 N–H and O–H groups in total. The third kappa shape index (κ3) is 2.27. The van der Waals surface area contributed by atoms with Crippen molar-refractivity contribution in [3.8, 4) is 0 Å². The molecule has 0 fully saturated rings. The number of hydrogen-bond acceptors (Lipinski definition) is 3. The molecule has 18 heavy (non-hydrogen) atoms. The predicted molar refractivity (Wildman–Crippen MR) is 70.6 cm³/mol. The molecule has 1 aromatic heterocycles. The third-order valence-electron chi connectivity index (χ3n) is 2.62. The molecule has 4 heteroatoms. The van der Waals surface area contributed by atoms with E-state index in [2.05, 4.69) is 5.32 Å². The Balaban J connectivity index is 2.53. The lowest BCUT2D eigenvalue weighted by atomic mass is 9.95. The summed E-state index contributed by atoms with van der Waals surface area (Å²) in [6.45, 7) is 5.45. The molecule has 0 saturated heterocycles. The van der Waals surface area contributed by atoms with E-state index in [0.29, 0.717) is 16.7 Å². The van der Waals surface area contributed by atoms with Crippen molar-refractivity contribution in [2.45, 2.75) is 20.8 Å². The normalized spacial score (nSPS) is 11.5. The maximum Gasteiger partial charge on any atom is 0.229 e. The molecule has 0 aliphatic heterocycles. The summed E-state index contributed by atoms with van der Waals surface area (Å²) in [5.74, 6) is -0.141. The molecule has 0 unspecified atom stereocenters. The fourth-order valence-electron chi connectivity index (χ4n) is 1.55. The van der Waals surface area contributed by atoms with Gasteiger partial charge in [0, 0.05) is 11.5 Å². The minimum atomic E-state index is -0.517. The average molecular weight is 245 g/mol. The van der Waals surface area contributed by atoms with Crippen LogP contribution in [0.4, 0.5) is 5.69 Å². The van der Waals surface area contributed by atoms with Gasteiger partial charge < -0.3 is 9.73 Å². The first kappa shape index (κ1) is 12.4. The van der Waals surface area contributed by atoms with Crippen molar-refractivity contribution in [2.24, 2.45) is 5.41 Å². The van der Waals surface area contributed by atoms with E-state index in [0.717, 1.165) is 0 Å². The number of rotatable bonds is 1. The van der Waals surface area contributed by atoms with Gasteiger partial charge in [0.25, 0.3) is 0 Å². The van der Waals surface area contributed by atoms with E-state index in [-0.39, 0.29) is 11.3 Å². The molecule has 1 aromatic carbocycles. The number of carbonyl (C=O) groups is 1. The second kappa shape index (κ2) is 4.29. The van der Waals surface area contributed by atoms with Gasteiger partial charge in [-0.1, -0.05) is 26.8 Å². The first-order valence-corrected chi connectivity index (χ1v) is 5.71. The first-order chi connectivity index (χ1) is 8.39. The molecule has 0 aliphatic carbocycles. The zero-order valence-corrected chi connectivity index (χ0v) is 10.6. The van der Waals surface area contributed by atoms with Crippen LogP contribution in [0.15, 0.2) is 39.7 Å². The molecule has 0 saturated carbocycles. The molecule has 2 rings (SSSR count). The second-order valence-electron chi connectivity index (χ2n) is 5.17. The Hall–Kier alpha value is -2.10. The SMILES string of the molecule is CC(C)(C)C(=O)Nc1cccc2occc(=O)c12. The molecule has 2 aromatic rings. The highest BCUT2D eigenvalue weighted by Crippen LogP contribution is 2.22. The smallest absolute Gasteiger partial charge is 0.229 e. The fourth-order valence-corrected chi connectivity index (χ4v) is 1.55. The summed E-state index contributed by atoms with van der Waals surface area (Å²) in [5.41, 5.74) is 0.272. The van der Waals surface area contributed by atoms with Crippen LogP contribution in [0.2, 0.25) is 0 Å². The van der Waals surface area contributed by atoms with Gasteiger partial charge in [0.2, 0.25) is 5.91 Å². The van der Waals surface area contributed by atoms with Gasteiger partial charge in [-0.25, -0.2) is 0 Å². The van der Waals surface area contributed by atoms with Crippen molar-refractivity contribution < 1.29 is 9.21 Å².